The summed E-state index contributed by atoms with van der Waals surface area (Å²) in [6.07, 6.45) is 9.82. The van der Waals surface area contributed by atoms with Crippen LogP contribution in [0.3, 0.4) is 0 Å². The summed E-state index contributed by atoms with van der Waals surface area (Å²) < 4.78 is 11.5. The molecule has 0 unspecified atom stereocenters. The Kier molecular flexibility index (Phi) is 5.51. The zero-order chi connectivity index (χ0) is 14.4. The van der Waals surface area contributed by atoms with Crippen LogP contribution >= 0.6 is 0 Å². The van der Waals surface area contributed by atoms with Gasteiger partial charge in [0.1, 0.15) is 0 Å². The zero-order valence-corrected chi connectivity index (χ0v) is 12.9. The number of benzene rings is 1. The van der Waals surface area contributed by atoms with E-state index >= 15 is 0 Å². The summed E-state index contributed by atoms with van der Waals surface area (Å²) in [7, 11) is 1.70. The van der Waals surface area contributed by atoms with Gasteiger partial charge in [-0.1, -0.05) is 31.1 Å². The van der Waals surface area contributed by atoms with E-state index in [0.717, 1.165) is 30.8 Å². The van der Waals surface area contributed by atoms with Crippen LogP contribution in [0, 0.1) is 0 Å². The molecule has 0 atom stereocenters. The van der Waals surface area contributed by atoms with Gasteiger partial charge in [0.2, 0.25) is 0 Å². The molecule has 1 fully saturated rings. The average molecular weight is 274 g/mol. The van der Waals surface area contributed by atoms with Gasteiger partial charge in [0, 0.05) is 0 Å². The molecule has 1 aliphatic rings. The van der Waals surface area contributed by atoms with Crippen molar-refractivity contribution in [2.45, 2.75) is 58.5 Å². The molecule has 0 bridgehead atoms. The summed E-state index contributed by atoms with van der Waals surface area (Å²) in [6.45, 7) is 4.39. The molecule has 0 radical (unpaired) electrons. The second kappa shape index (κ2) is 7.37. The lowest BCUT2D eigenvalue weighted by molar-refractivity contribution is 0.201. The molecule has 0 saturated heterocycles. The number of rotatable bonds is 6. The minimum Gasteiger partial charge on any atom is -0.493 e. The SMILES string of the molecule is CCCC(C)=Cc1ccc(OC)c(OC2CCCC2)c1. The largest absolute Gasteiger partial charge is 0.493 e. The second-order valence-electron chi connectivity index (χ2n) is 5.68. The van der Waals surface area contributed by atoms with Crippen molar-refractivity contribution >= 4 is 6.08 Å². The van der Waals surface area contributed by atoms with E-state index in [9.17, 15) is 0 Å². The first-order valence-electron chi connectivity index (χ1n) is 7.74. The van der Waals surface area contributed by atoms with Gasteiger partial charge in [0.25, 0.3) is 0 Å². The maximum absolute atomic E-state index is 6.13. The van der Waals surface area contributed by atoms with E-state index in [1.54, 1.807) is 7.11 Å². The van der Waals surface area contributed by atoms with Gasteiger partial charge in [-0.3, -0.25) is 0 Å². The Balaban J connectivity index is 2.17. The third-order valence-electron chi connectivity index (χ3n) is 3.84. The van der Waals surface area contributed by atoms with Crippen molar-refractivity contribution in [3.05, 3.63) is 29.3 Å². The summed E-state index contributed by atoms with van der Waals surface area (Å²) in [6, 6.07) is 6.21. The molecule has 20 heavy (non-hydrogen) atoms. The predicted octanol–water partition coefficient (Wildman–Crippen LogP) is 5.22. The van der Waals surface area contributed by atoms with E-state index in [1.165, 1.54) is 30.4 Å². The highest BCUT2D eigenvalue weighted by molar-refractivity contribution is 5.57. The topological polar surface area (TPSA) is 18.5 Å². The molecule has 1 saturated carbocycles. The van der Waals surface area contributed by atoms with E-state index < -0.39 is 0 Å². The molecule has 0 aromatic heterocycles. The molecule has 2 heteroatoms. The highest BCUT2D eigenvalue weighted by Crippen LogP contribution is 2.33. The maximum atomic E-state index is 6.13. The third kappa shape index (κ3) is 4.03. The summed E-state index contributed by atoms with van der Waals surface area (Å²) in [5, 5.41) is 0. The van der Waals surface area contributed by atoms with Crippen LogP contribution in [0.4, 0.5) is 0 Å². The van der Waals surface area contributed by atoms with E-state index in [2.05, 4.69) is 32.1 Å². The molecule has 2 nitrogen and oxygen atoms in total. The van der Waals surface area contributed by atoms with E-state index in [1.807, 2.05) is 6.07 Å². The van der Waals surface area contributed by atoms with Crippen molar-refractivity contribution in [1.82, 2.24) is 0 Å². The van der Waals surface area contributed by atoms with E-state index in [4.69, 9.17) is 9.47 Å². The molecule has 0 spiro atoms. The number of hydrogen-bond donors (Lipinski definition) is 0. The zero-order valence-electron chi connectivity index (χ0n) is 12.9. The average Bonchev–Trinajstić information content (AvgIpc) is 2.92. The van der Waals surface area contributed by atoms with Crippen LogP contribution in [-0.4, -0.2) is 13.2 Å². The van der Waals surface area contributed by atoms with Crippen molar-refractivity contribution < 1.29 is 9.47 Å². The fourth-order valence-electron chi connectivity index (χ4n) is 2.81. The number of methoxy groups -OCH3 is 1. The van der Waals surface area contributed by atoms with Crippen LogP contribution in [-0.2, 0) is 0 Å². The fourth-order valence-corrected chi connectivity index (χ4v) is 2.81. The maximum Gasteiger partial charge on any atom is 0.162 e. The Morgan fingerprint density at radius 3 is 2.65 bits per heavy atom. The molecule has 0 heterocycles. The molecule has 1 aromatic rings. The highest BCUT2D eigenvalue weighted by Gasteiger charge is 2.18. The Hall–Kier alpha value is -1.44. The molecule has 0 amide bonds. The van der Waals surface area contributed by atoms with Gasteiger partial charge in [-0.15, -0.1) is 0 Å². The van der Waals surface area contributed by atoms with Crippen LogP contribution in [0.1, 0.15) is 57.9 Å². The molecule has 2 rings (SSSR count). The Morgan fingerprint density at radius 1 is 1.25 bits per heavy atom. The van der Waals surface area contributed by atoms with Crippen LogP contribution in [0.15, 0.2) is 23.8 Å². The van der Waals surface area contributed by atoms with Crippen molar-refractivity contribution in [1.29, 1.82) is 0 Å². The first-order chi connectivity index (χ1) is 9.72. The smallest absolute Gasteiger partial charge is 0.162 e. The molecular formula is C18H26O2. The Morgan fingerprint density at radius 2 is 2.00 bits per heavy atom. The third-order valence-corrected chi connectivity index (χ3v) is 3.84. The first kappa shape index (κ1) is 15.0. The molecule has 110 valence electrons. The van der Waals surface area contributed by atoms with Crippen LogP contribution < -0.4 is 9.47 Å². The highest BCUT2D eigenvalue weighted by atomic mass is 16.5. The van der Waals surface area contributed by atoms with Gasteiger partial charge in [0.05, 0.1) is 13.2 Å². The molecule has 0 N–H and O–H groups in total. The van der Waals surface area contributed by atoms with Gasteiger partial charge in [-0.05, 0) is 56.7 Å². The van der Waals surface area contributed by atoms with Crippen LogP contribution in [0.25, 0.3) is 6.08 Å². The summed E-state index contributed by atoms with van der Waals surface area (Å²) >= 11 is 0. The summed E-state index contributed by atoms with van der Waals surface area (Å²) in [5.74, 6) is 1.72. The van der Waals surface area contributed by atoms with Gasteiger partial charge in [-0.25, -0.2) is 0 Å². The van der Waals surface area contributed by atoms with Gasteiger partial charge in [-0.2, -0.15) is 0 Å². The van der Waals surface area contributed by atoms with E-state index in [-0.39, 0.29) is 0 Å². The summed E-state index contributed by atoms with van der Waals surface area (Å²) in [4.78, 5) is 0. The minimum atomic E-state index is 0.361. The molecule has 1 aliphatic carbocycles. The normalized spacial score (nSPS) is 16.4. The van der Waals surface area contributed by atoms with Gasteiger partial charge in [0.15, 0.2) is 11.5 Å². The quantitative estimate of drug-likeness (QED) is 0.708. The van der Waals surface area contributed by atoms with Crippen molar-refractivity contribution in [2.24, 2.45) is 0 Å². The van der Waals surface area contributed by atoms with Crippen LogP contribution in [0.5, 0.6) is 11.5 Å². The number of allylic oxidation sites excluding steroid dienone is 1. The standard InChI is InChI=1S/C18H26O2/c1-4-7-14(2)12-15-10-11-17(19-3)18(13-15)20-16-8-5-6-9-16/h10-13,16H,4-9H2,1-3H3. The minimum absolute atomic E-state index is 0.361. The first-order valence-corrected chi connectivity index (χ1v) is 7.74. The molecule has 1 aromatic carbocycles. The van der Waals surface area contributed by atoms with Crippen molar-refractivity contribution in [3.63, 3.8) is 0 Å². The Labute approximate surface area is 122 Å². The second-order valence-corrected chi connectivity index (χ2v) is 5.68. The molecular weight excluding hydrogens is 248 g/mol. The molecule has 0 aliphatic heterocycles. The van der Waals surface area contributed by atoms with Crippen LogP contribution in [0.2, 0.25) is 0 Å². The summed E-state index contributed by atoms with van der Waals surface area (Å²) in [5.41, 5.74) is 2.61. The van der Waals surface area contributed by atoms with Crippen molar-refractivity contribution in [2.75, 3.05) is 7.11 Å². The van der Waals surface area contributed by atoms with E-state index in [0.29, 0.717) is 6.10 Å². The fraction of sp³-hybridized carbons (Fsp3) is 0.556. The lowest BCUT2D eigenvalue weighted by Crippen LogP contribution is -2.11. The number of hydrogen-bond acceptors (Lipinski definition) is 2. The number of ether oxygens (including phenoxy) is 2. The van der Waals surface area contributed by atoms with Gasteiger partial charge < -0.3 is 9.47 Å². The van der Waals surface area contributed by atoms with Crippen molar-refractivity contribution in [3.8, 4) is 11.5 Å². The lowest BCUT2D eigenvalue weighted by atomic mass is 10.1. The predicted molar refractivity (Wildman–Crippen MR) is 84.4 cm³/mol. The lowest BCUT2D eigenvalue weighted by Gasteiger charge is -2.16. The Bertz CT molecular complexity index is 456. The van der Waals surface area contributed by atoms with Gasteiger partial charge >= 0.3 is 0 Å². The monoisotopic (exact) mass is 274 g/mol.